The quantitative estimate of drug-likeness (QED) is 0.591. The third-order valence-electron chi connectivity index (χ3n) is 5.56. The molecule has 3 rings (SSSR count). The third kappa shape index (κ3) is 7.30. The standard InChI is InChI=1S/C25H36N4O4/c1-5-7-22(30)26-12-6-15-32-19-8-9-20-21(16-19)27-17-28-23(20)18-10-13-29(14-11-18)24(31)33-25(2,3)4/h8-9,16-18H,5-7,10-15H2,1-4H3,(H,26,30). The van der Waals surface area contributed by atoms with E-state index in [0.29, 0.717) is 32.7 Å². The summed E-state index contributed by atoms with van der Waals surface area (Å²) in [5.41, 5.74) is 1.39. The fraction of sp³-hybridized carbons (Fsp3) is 0.600. The second-order valence-corrected chi connectivity index (χ2v) is 9.48. The van der Waals surface area contributed by atoms with Crippen molar-refractivity contribution >= 4 is 22.9 Å². The Morgan fingerprint density at radius 2 is 1.94 bits per heavy atom. The lowest BCUT2D eigenvalue weighted by molar-refractivity contribution is -0.121. The number of carbonyl (C=O) groups is 2. The molecule has 1 aliphatic heterocycles. The molecule has 1 N–H and O–H groups in total. The van der Waals surface area contributed by atoms with Gasteiger partial charge < -0.3 is 19.7 Å². The van der Waals surface area contributed by atoms with Crippen molar-refractivity contribution in [3.05, 3.63) is 30.2 Å². The van der Waals surface area contributed by atoms with Crippen molar-refractivity contribution in [2.75, 3.05) is 26.2 Å². The molecule has 1 aromatic heterocycles. The molecule has 0 saturated carbocycles. The number of nitrogens with zero attached hydrogens (tertiary/aromatic N) is 3. The molecule has 180 valence electrons. The first kappa shape index (κ1) is 24.7. The van der Waals surface area contributed by atoms with Crippen molar-refractivity contribution in [3.63, 3.8) is 0 Å². The van der Waals surface area contributed by atoms with Crippen LogP contribution in [0, 0.1) is 0 Å². The molecule has 0 bridgehead atoms. The van der Waals surface area contributed by atoms with E-state index >= 15 is 0 Å². The molecular weight excluding hydrogens is 420 g/mol. The van der Waals surface area contributed by atoms with Crippen LogP contribution in [-0.2, 0) is 9.53 Å². The molecular formula is C25H36N4O4. The predicted molar refractivity (Wildman–Crippen MR) is 127 cm³/mol. The minimum absolute atomic E-state index is 0.0874. The molecule has 0 unspecified atom stereocenters. The number of rotatable bonds is 8. The lowest BCUT2D eigenvalue weighted by Crippen LogP contribution is -2.41. The summed E-state index contributed by atoms with van der Waals surface area (Å²) in [7, 11) is 0. The van der Waals surface area contributed by atoms with Crippen LogP contribution in [0.15, 0.2) is 24.5 Å². The van der Waals surface area contributed by atoms with Crippen LogP contribution in [0.4, 0.5) is 4.79 Å². The van der Waals surface area contributed by atoms with Crippen LogP contribution in [0.25, 0.3) is 10.9 Å². The molecule has 0 spiro atoms. The highest BCUT2D eigenvalue weighted by molar-refractivity contribution is 5.82. The zero-order valence-electron chi connectivity index (χ0n) is 20.2. The van der Waals surface area contributed by atoms with Crippen LogP contribution in [0.1, 0.15) is 71.4 Å². The number of amides is 2. The van der Waals surface area contributed by atoms with Crippen LogP contribution in [-0.4, -0.2) is 58.7 Å². The Bertz CT molecular complexity index is 949. The molecule has 8 heteroatoms. The van der Waals surface area contributed by atoms with E-state index in [9.17, 15) is 9.59 Å². The Kier molecular flexibility index (Phi) is 8.47. The second-order valence-electron chi connectivity index (χ2n) is 9.48. The second kappa shape index (κ2) is 11.3. The summed E-state index contributed by atoms with van der Waals surface area (Å²) in [5, 5.41) is 3.91. The number of ether oxygens (including phenoxy) is 2. The van der Waals surface area contributed by atoms with Gasteiger partial charge in [-0.1, -0.05) is 6.92 Å². The van der Waals surface area contributed by atoms with Crippen molar-refractivity contribution in [1.29, 1.82) is 0 Å². The Labute approximate surface area is 196 Å². The Hall–Kier alpha value is -2.90. The number of nitrogens with one attached hydrogen (secondary N) is 1. The fourth-order valence-electron chi connectivity index (χ4n) is 3.94. The zero-order valence-corrected chi connectivity index (χ0v) is 20.2. The van der Waals surface area contributed by atoms with Gasteiger partial charge in [0.15, 0.2) is 0 Å². The Morgan fingerprint density at radius 3 is 2.64 bits per heavy atom. The molecule has 1 fully saturated rings. The van der Waals surface area contributed by atoms with Gasteiger partial charge in [-0.15, -0.1) is 0 Å². The lowest BCUT2D eigenvalue weighted by atomic mass is 9.91. The SMILES string of the molecule is CCCC(=O)NCCCOc1ccc2c(C3CCN(C(=O)OC(C)(C)C)CC3)ncnc2c1. The van der Waals surface area contributed by atoms with E-state index in [1.807, 2.05) is 45.9 Å². The summed E-state index contributed by atoms with van der Waals surface area (Å²) < 4.78 is 11.3. The molecule has 0 radical (unpaired) electrons. The first-order valence-electron chi connectivity index (χ1n) is 11.9. The molecule has 33 heavy (non-hydrogen) atoms. The van der Waals surface area contributed by atoms with Crippen LogP contribution < -0.4 is 10.1 Å². The van der Waals surface area contributed by atoms with E-state index < -0.39 is 5.60 Å². The summed E-state index contributed by atoms with van der Waals surface area (Å²) >= 11 is 0. The van der Waals surface area contributed by atoms with Crippen molar-refractivity contribution in [3.8, 4) is 5.75 Å². The molecule has 1 saturated heterocycles. The average molecular weight is 457 g/mol. The van der Waals surface area contributed by atoms with Gasteiger partial charge in [-0.25, -0.2) is 14.8 Å². The normalized spacial score (nSPS) is 14.8. The van der Waals surface area contributed by atoms with Gasteiger partial charge in [0.05, 0.1) is 17.8 Å². The van der Waals surface area contributed by atoms with Crippen molar-refractivity contribution < 1.29 is 19.1 Å². The highest BCUT2D eigenvalue weighted by Crippen LogP contribution is 2.32. The summed E-state index contributed by atoms with van der Waals surface area (Å²) in [5.74, 6) is 1.11. The fourth-order valence-corrected chi connectivity index (χ4v) is 3.94. The predicted octanol–water partition coefficient (Wildman–Crippen LogP) is 4.43. The van der Waals surface area contributed by atoms with E-state index in [1.165, 1.54) is 0 Å². The molecule has 8 nitrogen and oxygen atoms in total. The van der Waals surface area contributed by atoms with E-state index in [4.69, 9.17) is 9.47 Å². The molecule has 1 aliphatic rings. The van der Waals surface area contributed by atoms with Crippen molar-refractivity contribution in [2.24, 2.45) is 0 Å². The van der Waals surface area contributed by atoms with Gasteiger partial charge in [0.2, 0.25) is 5.91 Å². The first-order chi connectivity index (χ1) is 15.8. The molecule has 0 atom stereocenters. The average Bonchev–Trinajstić information content (AvgIpc) is 2.77. The Balaban J connectivity index is 1.55. The first-order valence-corrected chi connectivity index (χ1v) is 11.9. The van der Waals surface area contributed by atoms with Gasteiger partial charge in [-0.3, -0.25) is 4.79 Å². The number of aromatic nitrogens is 2. The number of benzene rings is 1. The molecule has 1 aromatic carbocycles. The van der Waals surface area contributed by atoms with Crippen molar-refractivity contribution in [1.82, 2.24) is 20.2 Å². The number of fused-ring (bicyclic) bond motifs is 1. The smallest absolute Gasteiger partial charge is 0.410 e. The zero-order chi connectivity index (χ0) is 23.8. The third-order valence-corrected chi connectivity index (χ3v) is 5.56. The molecule has 2 aromatic rings. The maximum atomic E-state index is 12.3. The highest BCUT2D eigenvalue weighted by atomic mass is 16.6. The van der Waals surface area contributed by atoms with Gasteiger partial charge in [0.25, 0.3) is 0 Å². The number of piperidine rings is 1. The highest BCUT2D eigenvalue weighted by Gasteiger charge is 2.28. The van der Waals surface area contributed by atoms with Gasteiger partial charge in [0.1, 0.15) is 17.7 Å². The number of likely N-dealkylation sites (tertiary alicyclic amines) is 1. The Morgan fingerprint density at radius 1 is 1.18 bits per heavy atom. The van der Waals surface area contributed by atoms with Gasteiger partial charge in [-0.05, 0) is 58.6 Å². The minimum Gasteiger partial charge on any atom is -0.493 e. The summed E-state index contributed by atoms with van der Waals surface area (Å²) in [6.45, 7) is 10.1. The maximum absolute atomic E-state index is 12.3. The molecule has 0 aliphatic carbocycles. The van der Waals surface area contributed by atoms with E-state index in [0.717, 1.165) is 48.0 Å². The van der Waals surface area contributed by atoms with Crippen LogP contribution >= 0.6 is 0 Å². The molecule has 2 amide bonds. The van der Waals surface area contributed by atoms with Crippen LogP contribution in [0.3, 0.4) is 0 Å². The van der Waals surface area contributed by atoms with Crippen LogP contribution in [0.2, 0.25) is 0 Å². The summed E-state index contributed by atoms with van der Waals surface area (Å²) in [4.78, 5) is 34.6. The lowest BCUT2D eigenvalue weighted by Gasteiger charge is -2.33. The van der Waals surface area contributed by atoms with Gasteiger partial charge in [-0.2, -0.15) is 0 Å². The van der Waals surface area contributed by atoms with Gasteiger partial charge in [0, 0.05) is 43.4 Å². The minimum atomic E-state index is -0.487. The van der Waals surface area contributed by atoms with Gasteiger partial charge >= 0.3 is 6.09 Å². The van der Waals surface area contributed by atoms with E-state index in [2.05, 4.69) is 15.3 Å². The number of hydrogen-bond acceptors (Lipinski definition) is 6. The maximum Gasteiger partial charge on any atom is 0.410 e. The summed E-state index contributed by atoms with van der Waals surface area (Å²) in [6, 6.07) is 5.90. The van der Waals surface area contributed by atoms with E-state index in [1.54, 1.807) is 11.2 Å². The molecule has 2 heterocycles. The topological polar surface area (TPSA) is 93.7 Å². The van der Waals surface area contributed by atoms with Crippen molar-refractivity contribution in [2.45, 2.75) is 71.3 Å². The monoisotopic (exact) mass is 456 g/mol. The number of hydrogen-bond donors (Lipinski definition) is 1. The number of carbonyl (C=O) groups excluding carboxylic acids is 2. The van der Waals surface area contributed by atoms with E-state index in [-0.39, 0.29) is 17.9 Å². The largest absolute Gasteiger partial charge is 0.493 e. The van der Waals surface area contributed by atoms with Crippen LogP contribution in [0.5, 0.6) is 5.75 Å². The summed E-state index contributed by atoms with van der Waals surface area (Å²) in [6.07, 6.45) is 5.20.